The fraction of sp³-hybridized carbons (Fsp3) is 0.308. The predicted molar refractivity (Wildman–Crippen MR) is 151 cm³/mol. The summed E-state index contributed by atoms with van der Waals surface area (Å²) >= 11 is 9.79. The number of fused-ring (bicyclic) bond motifs is 3. The zero-order chi connectivity index (χ0) is 25.2. The highest BCUT2D eigenvalue weighted by molar-refractivity contribution is 8.12. The van der Waals surface area contributed by atoms with E-state index in [-0.39, 0.29) is 11.9 Å². The Balaban J connectivity index is 1.21. The quantitative estimate of drug-likeness (QED) is 0.338. The number of rotatable bonds is 7. The number of thiophene rings is 1. The maximum absolute atomic E-state index is 12.7. The summed E-state index contributed by atoms with van der Waals surface area (Å²) in [6.45, 7) is 3.01. The summed E-state index contributed by atoms with van der Waals surface area (Å²) in [7, 11) is 0. The van der Waals surface area contributed by atoms with Crippen molar-refractivity contribution in [1.82, 2.24) is 14.9 Å². The summed E-state index contributed by atoms with van der Waals surface area (Å²) < 4.78 is 12.3. The minimum Gasteiger partial charge on any atom is -0.490 e. The number of amides is 1. The summed E-state index contributed by atoms with van der Waals surface area (Å²) in [5.41, 5.74) is 3.66. The van der Waals surface area contributed by atoms with Crippen molar-refractivity contribution in [2.24, 2.45) is 4.99 Å². The standard InChI is InChI=1S/C26H24ClN5O3S2/c27-20-11-17(2-4-21(20)35-12-18-13-36-15-30-18)31-25-24-19-3-1-16(9-22(19)37-26(24)29-14-28-25)10-23(33)32-5-7-34-8-6-32/h1-4,9,11,14-15,18H,5-8,10,12-13H2,(H,28,29,31). The first-order valence-corrected chi connectivity index (χ1v) is 14.2. The molecule has 4 heterocycles. The van der Waals surface area contributed by atoms with E-state index in [4.69, 9.17) is 21.1 Å². The van der Waals surface area contributed by atoms with Crippen molar-refractivity contribution in [2.75, 3.05) is 44.0 Å². The number of halogens is 1. The van der Waals surface area contributed by atoms with Crippen LogP contribution >= 0.6 is 34.7 Å². The van der Waals surface area contributed by atoms with Gasteiger partial charge in [-0.3, -0.25) is 9.79 Å². The van der Waals surface area contributed by atoms with Gasteiger partial charge in [-0.05, 0) is 29.8 Å². The number of hydrogen-bond donors (Lipinski definition) is 1. The van der Waals surface area contributed by atoms with E-state index in [1.54, 1.807) is 29.4 Å². The molecule has 1 unspecified atom stereocenters. The molecule has 8 nitrogen and oxygen atoms in total. The Hall–Kier alpha value is -2.92. The number of anilines is 2. The van der Waals surface area contributed by atoms with E-state index in [1.165, 1.54) is 0 Å². The molecule has 0 aliphatic carbocycles. The van der Waals surface area contributed by atoms with Gasteiger partial charge in [0.05, 0.1) is 41.6 Å². The Morgan fingerprint density at radius 2 is 2.08 bits per heavy atom. The number of thioether (sulfide) groups is 1. The lowest BCUT2D eigenvalue weighted by Gasteiger charge is -2.26. The van der Waals surface area contributed by atoms with E-state index < -0.39 is 0 Å². The van der Waals surface area contributed by atoms with Gasteiger partial charge in [-0.25, -0.2) is 9.97 Å². The highest BCUT2D eigenvalue weighted by Crippen LogP contribution is 2.38. The van der Waals surface area contributed by atoms with E-state index in [1.807, 2.05) is 34.7 Å². The normalized spacial score (nSPS) is 17.5. The topological polar surface area (TPSA) is 88.9 Å². The molecule has 6 rings (SSSR count). The molecule has 37 heavy (non-hydrogen) atoms. The molecule has 1 fully saturated rings. The first-order chi connectivity index (χ1) is 18.1. The summed E-state index contributed by atoms with van der Waals surface area (Å²) in [6.07, 6.45) is 1.93. The molecule has 0 bridgehead atoms. The molecule has 1 N–H and O–H groups in total. The number of ether oxygens (including phenoxy) is 2. The number of hydrogen-bond acceptors (Lipinski definition) is 9. The molecular weight excluding hydrogens is 530 g/mol. The molecule has 1 saturated heterocycles. The maximum atomic E-state index is 12.7. The SMILES string of the molecule is O=C(Cc1ccc2c(c1)sc1ncnc(Nc3ccc(OCC4CSC=N4)c(Cl)c3)c12)N1CCOCC1. The summed E-state index contributed by atoms with van der Waals surface area (Å²) in [5.74, 6) is 2.40. The van der Waals surface area contributed by atoms with Crippen LogP contribution in [0.2, 0.25) is 5.02 Å². The molecule has 0 spiro atoms. The molecule has 2 aliphatic heterocycles. The number of aliphatic imine (C=N–C) groups is 1. The van der Waals surface area contributed by atoms with E-state index in [0.717, 1.165) is 37.3 Å². The van der Waals surface area contributed by atoms with Crippen molar-refractivity contribution in [3.63, 3.8) is 0 Å². The van der Waals surface area contributed by atoms with Crippen LogP contribution < -0.4 is 10.1 Å². The van der Waals surface area contributed by atoms with Gasteiger partial charge in [0.2, 0.25) is 5.91 Å². The third-order valence-electron chi connectivity index (χ3n) is 6.31. The van der Waals surface area contributed by atoms with Crippen LogP contribution in [0.4, 0.5) is 11.5 Å². The Labute approximate surface area is 227 Å². The number of morpholine rings is 1. The van der Waals surface area contributed by atoms with Crippen molar-refractivity contribution < 1.29 is 14.3 Å². The van der Waals surface area contributed by atoms with Gasteiger partial charge in [-0.1, -0.05) is 23.7 Å². The molecule has 0 saturated carbocycles. The maximum Gasteiger partial charge on any atom is 0.227 e. The summed E-state index contributed by atoms with van der Waals surface area (Å²) in [4.78, 5) is 28.8. The Morgan fingerprint density at radius 1 is 1.19 bits per heavy atom. The zero-order valence-electron chi connectivity index (χ0n) is 19.9. The molecule has 11 heteroatoms. The molecule has 4 aromatic rings. The molecule has 2 aliphatic rings. The monoisotopic (exact) mass is 553 g/mol. The molecular formula is C26H24ClN5O3S2. The second-order valence-electron chi connectivity index (χ2n) is 8.83. The number of nitrogens with zero attached hydrogens (tertiary/aromatic N) is 4. The van der Waals surface area contributed by atoms with Crippen molar-refractivity contribution in [3.05, 3.63) is 53.3 Å². The van der Waals surface area contributed by atoms with Crippen LogP contribution in [-0.2, 0) is 16.0 Å². The van der Waals surface area contributed by atoms with Crippen molar-refractivity contribution in [2.45, 2.75) is 12.5 Å². The van der Waals surface area contributed by atoms with Crippen molar-refractivity contribution in [3.8, 4) is 5.75 Å². The van der Waals surface area contributed by atoms with Crippen LogP contribution in [0.3, 0.4) is 0 Å². The molecule has 2 aromatic carbocycles. The van der Waals surface area contributed by atoms with Crippen LogP contribution in [0.15, 0.2) is 47.7 Å². The van der Waals surface area contributed by atoms with Gasteiger partial charge in [-0.2, -0.15) is 0 Å². The minimum absolute atomic E-state index is 0.130. The average Bonchev–Trinajstić information content (AvgIpc) is 3.56. The van der Waals surface area contributed by atoms with E-state index >= 15 is 0 Å². The van der Waals surface area contributed by atoms with E-state index in [9.17, 15) is 4.79 Å². The van der Waals surface area contributed by atoms with Gasteiger partial charge in [0, 0.05) is 34.6 Å². The van der Waals surface area contributed by atoms with Gasteiger partial charge in [-0.15, -0.1) is 23.1 Å². The second kappa shape index (κ2) is 10.8. The first-order valence-electron chi connectivity index (χ1n) is 12.0. The lowest BCUT2D eigenvalue weighted by atomic mass is 10.1. The Morgan fingerprint density at radius 3 is 2.89 bits per heavy atom. The molecule has 0 radical (unpaired) electrons. The second-order valence-corrected chi connectivity index (χ2v) is 11.1. The molecule has 2 aromatic heterocycles. The third kappa shape index (κ3) is 5.38. The smallest absolute Gasteiger partial charge is 0.227 e. The zero-order valence-corrected chi connectivity index (χ0v) is 22.2. The molecule has 1 atom stereocenters. The number of nitrogens with one attached hydrogen (secondary N) is 1. The highest BCUT2D eigenvalue weighted by Gasteiger charge is 2.19. The number of aromatic nitrogens is 2. The van der Waals surface area contributed by atoms with Gasteiger partial charge >= 0.3 is 0 Å². The Bertz CT molecular complexity index is 1490. The van der Waals surface area contributed by atoms with Crippen molar-refractivity contribution in [1.29, 1.82) is 0 Å². The van der Waals surface area contributed by atoms with E-state index in [0.29, 0.717) is 55.9 Å². The average molecular weight is 554 g/mol. The number of benzene rings is 2. The predicted octanol–water partition coefficient (Wildman–Crippen LogP) is 5.17. The number of carbonyl (C=O) groups excluding carboxylic acids is 1. The lowest BCUT2D eigenvalue weighted by Crippen LogP contribution is -2.41. The lowest BCUT2D eigenvalue weighted by molar-refractivity contribution is -0.134. The van der Waals surface area contributed by atoms with Crippen LogP contribution in [0.25, 0.3) is 20.3 Å². The van der Waals surface area contributed by atoms with Gasteiger partial charge < -0.3 is 19.7 Å². The van der Waals surface area contributed by atoms with Gasteiger partial charge in [0.25, 0.3) is 0 Å². The highest BCUT2D eigenvalue weighted by atomic mass is 35.5. The largest absolute Gasteiger partial charge is 0.490 e. The fourth-order valence-corrected chi connectivity index (χ4v) is 6.48. The van der Waals surface area contributed by atoms with Gasteiger partial charge in [0.1, 0.15) is 29.3 Å². The Kier molecular flexibility index (Phi) is 7.14. The molecule has 1 amide bonds. The van der Waals surface area contributed by atoms with Crippen LogP contribution in [-0.4, -0.2) is 71.0 Å². The fourth-order valence-electron chi connectivity index (χ4n) is 4.39. The first kappa shape index (κ1) is 24.4. The summed E-state index contributed by atoms with van der Waals surface area (Å²) in [6, 6.07) is 11.9. The third-order valence-corrected chi connectivity index (χ3v) is 8.52. The molecule has 190 valence electrons. The summed E-state index contributed by atoms with van der Waals surface area (Å²) in [5, 5.41) is 5.91. The van der Waals surface area contributed by atoms with Crippen molar-refractivity contribution >= 4 is 78.0 Å². The van der Waals surface area contributed by atoms with Crippen LogP contribution in [0.1, 0.15) is 5.56 Å². The number of carbonyl (C=O) groups is 1. The minimum atomic E-state index is 0.130. The van der Waals surface area contributed by atoms with Gasteiger partial charge in [0.15, 0.2) is 0 Å². The van der Waals surface area contributed by atoms with E-state index in [2.05, 4.69) is 32.4 Å². The van der Waals surface area contributed by atoms with Crippen LogP contribution in [0.5, 0.6) is 5.75 Å². The van der Waals surface area contributed by atoms with Crippen LogP contribution in [0, 0.1) is 0 Å².